The molecule has 0 atom stereocenters. The highest BCUT2D eigenvalue weighted by atomic mass is 32.1. The topological polar surface area (TPSA) is 88.4 Å². The first-order valence-corrected chi connectivity index (χ1v) is 9.83. The van der Waals surface area contributed by atoms with Gasteiger partial charge in [-0.25, -0.2) is 4.79 Å². The molecule has 2 aromatic rings. The number of aryl methyl sites for hydroxylation is 1. The van der Waals surface area contributed by atoms with E-state index >= 15 is 0 Å². The summed E-state index contributed by atoms with van der Waals surface area (Å²) in [6.07, 6.45) is 0. The molecule has 1 N–H and O–H groups in total. The number of benzene rings is 1. The summed E-state index contributed by atoms with van der Waals surface area (Å²) in [6, 6.07) is 7.77. The van der Waals surface area contributed by atoms with E-state index in [9.17, 15) is 14.9 Å². The first-order chi connectivity index (χ1) is 13.3. The van der Waals surface area contributed by atoms with E-state index in [0.717, 1.165) is 16.9 Å². The van der Waals surface area contributed by atoms with Crippen molar-refractivity contribution in [3.63, 3.8) is 0 Å². The lowest BCUT2D eigenvalue weighted by atomic mass is 9.98. The number of nitriles is 1. The molecule has 0 unspecified atom stereocenters. The van der Waals surface area contributed by atoms with Crippen LogP contribution < -0.4 is 10.1 Å². The molecule has 1 aromatic carbocycles. The van der Waals surface area contributed by atoms with Crippen LogP contribution >= 0.6 is 11.3 Å². The SMILES string of the molecule is CCOC(=O)c1sc(NC(=O)COc2ccc(C(C)C)c(C)c2)c(C#N)c1C. The summed E-state index contributed by atoms with van der Waals surface area (Å²) < 4.78 is 10.6. The fraction of sp³-hybridized carbons (Fsp3) is 0.381. The lowest BCUT2D eigenvalue weighted by Crippen LogP contribution is -2.20. The van der Waals surface area contributed by atoms with E-state index in [1.165, 1.54) is 5.56 Å². The summed E-state index contributed by atoms with van der Waals surface area (Å²) in [7, 11) is 0. The summed E-state index contributed by atoms with van der Waals surface area (Å²) >= 11 is 1.03. The highest BCUT2D eigenvalue weighted by molar-refractivity contribution is 7.18. The average molecular weight is 401 g/mol. The molecule has 0 radical (unpaired) electrons. The number of ether oxygens (including phenoxy) is 2. The zero-order valence-corrected chi connectivity index (χ0v) is 17.5. The number of hydrogen-bond donors (Lipinski definition) is 1. The van der Waals surface area contributed by atoms with Gasteiger partial charge in [0.2, 0.25) is 0 Å². The van der Waals surface area contributed by atoms with Gasteiger partial charge in [0.25, 0.3) is 5.91 Å². The van der Waals surface area contributed by atoms with E-state index in [4.69, 9.17) is 9.47 Å². The number of nitrogens with one attached hydrogen (secondary N) is 1. The predicted molar refractivity (Wildman–Crippen MR) is 109 cm³/mol. The number of hydrogen-bond acceptors (Lipinski definition) is 6. The van der Waals surface area contributed by atoms with Crippen LogP contribution in [0.25, 0.3) is 0 Å². The zero-order chi connectivity index (χ0) is 20.8. The molecule has 0 saturated carbocycles. The summed E-state index contributed by atoms with van der Waals surface area (Å²) in [4.78, 5) is 24.6. The van der Waals surface area contributed by atoms with Crippen molar-refractivity contribution in [1.29, 1.82) is 5.26 Å². The van der Waals surface area contributed by atoms with Crippen molar-refractivity contribution in [2.45, 2.75) is 40.5 Å². The van der Waals surface area contributed by atoms with Crippen molar-refractivity contribution in [1.82, 2.24) is 0 Å². The molecule has 2 rings (SSSR count). The maximum Gasteiger partial charge on any atom is 0.348 e. The fourth-order valence-electron chi connectivity index (χ4n) is 2.82. The van der Waals surface area contributed by atoms with Crippen LogP contribution in [0.5, 0.6) is 5.75 Å². The van der Waals surface area contributed by atoms with Crippen molar-refractivity contribution in [3.8, 4) is 11.8 Å². The second kappa shape index (κ2) is 9.38. The second-order valence-electron chi connectivity index (χ2n) is 6.60. The van der Waals surface area contributed by atoms with Crippen LogP contribution in [0.2, 0.25) is 0 Å². The molecule has 28 heavy (non-hydrogen) atoms. The molecule has 148 valence electrons. The van der Waals surface area contributed by atoms with Crippen LogP contribution in [0.4, 0.5) is 5.00 Å². The first-order valence-electron chi connectivity index (χ1n) is 9.02. The van der Waals surface area contributed by atoms with E-state index in [1.807, 2.05) is 31.2 Å². The molecule has 0 aliphatic rings. The average Bonchev–Trinajstić information content (AvgIpc) is 2.95. The quantitative estimate of drug-likeness (QED) is 0.689. The Labute approximate surface area is 169 Å². The number of carbonyl (C=O) groups excluding carboxylic acids is 2. The molecule has 0 fully saturated rings. The van der Waals surface area contributed by atoms with Gasteiger partial charge in [-0.15, -0.1) is 11.3 Å². The van der Waals surface area contributed by atoms with Crippen LogP contribution in [-0.4, -0.2) is 25.1 Å². The largest absolute Gasteiger partial charge is 0.484 e. The third kappa shape index (κ3) is 4.90. The van der Waals surface area contributed by atoms with Gasteiger partial charge in [0, 0.05) is 0 Å². The van der Waals surface area contributed by atoms with E-state index in [1.54, 1.807) is 13.8 Å². The Morgan fingerprint density at radius 2 is 2.00 bits per heavy atom. The number of esters is 1. The summed E-state index contributed by atoms with van der Waals surface area (Å²) in [5.74, 6) is 0.113. The van der Waals surface area contributed by atoms with Crippen molar-refractivity contribution in [2.24, 2.45) is 0 Å². The number of carbonyl (C=O) groups is 2. The molecular weight excluding hydrogens is 376 g/mol. The lowest BCUT2D eigenvalue weighted by Gasteiger charge is -2.12. The Bertz CT molecular complexity index is 925. The van der Waals surface area contributed by atoms with Gasteiger partial charge < -0.3 is 14.8 Å². The van der Waals surface area contributed by atoms with Gasteiger partial charge in [-0.3, -0.25) is 4.79 Å². The molecule has 0 spiro atoms. The van der Waals surface area contributed by atoms with Crippen LogP contribution in [0.3, 0.4) is 0 Å². The van der Waals surface area contributed by atoms with Crippen molar-refractivity contribution in [2.75, 3.05) is 18.5 Å². The zero-order valence-electron chi connectivity index (χ0n) is 16.7. The van der Waals surface area contributed by atoms with E-state index in [2.05, 4.69) is 19.2 Å². The Kier molecular flexibility index (Phi) is 7.18. The molecule has 1 aromatic heterocycles. The number of thiophene rings is 1. The van der Waals surface area contributed by atoms with Gasteiger partial charge in [-0.05, 0) is 55.5 Å². The molecule has 1 amide bonds. The van der Waals surface area contributed by atoms with Crippen LogP contribution in [0, 0.1) is 25.2 Å². The van der Waals surface area contributed by atoms with Crippen molar-refractivity contribution >= 4 is 28.2 Å². The molecule has 0 saturated heterocycles. The first kappa shape index (κ1) is 21.5. The van der Waals surface area contributed by atoms with Crippen LogP contribution in [-0.2, 0) is 9.53 Å². The van der Waals surface area contributed by atoms with E-state index < -0.39 is 11.9 Å². The molecule has 7 heteroatoms. The standard InChI is InChI=1S/C21H24N2O4S/c1-6-26-21(25)19-14(5)17(10-22)20(28-19)23-18(24)11-27-15-7-8-16(12(2)3)13(4)9-15/h7-9,12H,6,11H2,1-5H3,(H,23,24). The second-order valence-corrected chi connectivity index (χ2v) is 7.62. The third-order valence-corrected chi connectivity index (χ3v) is 5.39. The monoisotopic (exact) mass is 400 g/mol. The minimum absolute atomic E-state index is 0.197. The van der Waals surface area contributed by atoms with E-state index in [-0.39, 0.29) is 18.8 Å². The number of nitrogens with zero attached hydrogens (tertiary/aromatic N) is 1. The summed E-state index contributed by atoms with van der Waals surface area (Å²) in [5.41, 5.74) is 3.10. The van der Waals surface area contributed by atoms with Crippen molar-refractivity contribution < 1.29 is 19.1 Å². The Balaban J connectivity index is 2.07. The maximum absolute atomic E-state index is 12.3. The van der Waals surface area contributed by atoms with Gasteiger partial charge in [0.1, 0.15) is 21.7 Å². The molecular formula is C21H24N2O4S. The van der Waals surface area contributed by atoms with Gasteiger partial charge in [-0.1, -0.05) is 19.9 Å². The van der Waals surface area contributed by atoms with Gasteiger partial charge in [0.15, 0.2) is 6.61 Å². The molecule has 0 aliphatic carbocycles. The highest BCUT2D eigenvalue weighted by Crippen LogP contribution is 2.33. The van der Waals surface area contributed by atoms with Gasteiger partial charge >= 0.3 is 5.97 Å². The number of anilines is 1. The number of rotatable bonds is 7. The van der Waals surface area contributed by atoms with Crippen molar-refractivity contribution in [3.05, 3.63) is 45.3 Å². The van der Waals surface area contributed by atoms with E-state index in [0.29, 0.717) is 27.1 Å². The summed E-state index contributed by atoms with van der Waals surface area (Å²) in [5, 5.41) is 12.3. The smallest absolute Gasteiger partial charge is 0.348 e. The lowest BCUT2D eigenvalue weighted by molar-refractivity contribution is -0.118. The summed E-state index contributed by atoms with van der Waals surface area (Å²) in [6.45, 7) is 9.66. The Morgan fingerprint density at radius 3 is 2.57 bits per heavy atom. The highest BCUT2D eigenvalue weighted by Gasteiger charge is 2.22. The minimum atomic E-state index is -0.501. The number of amides is 1. The van der Waals surface area contributed by atoms with Crippen LogP contribution in [0.1, 0.15) is 58.6 Å². The Hall–Kier alpha value is -2.85. The molecule has 0 aliphatic heterocycles. The maximum atomic E-state index is 12.3. The van der Waals surface area contributed by atoms with Crippen LogP contribution in [0.15, 0.2) is 18.2 Å². The molecule has 6 nitrogen and oxygen atoms in total. The normalized spacial score (nSPS) is 10.5. The third-order valence-electron chi connectivity index (χ3n) is 4.21. The molecule has 0 bridgehead atoms. The minimum Gasteiger partial charge on any atom is -0.484 e. The molecule has 1 heterocycles. The van der Waals surface area contributed by atoms with Gasteiger partial charge in [0.05, 0.1) is 12.2 Å². The van der Waals surface area contributed by atoms with Gasteiger partial charge in [-0.2, -0.15) is 5.26 Å². The Morgan fingerprint density at radius 1 is 1.29 bits per heavy atom. The predicted octanol–water partition coefficient (Wildman–Crippen LogP) is 4.55. The fourth-order valence-corrected chi connectivity index (χ4v) is 3.89.